The quantitative estimate of drug-likeness (QED) is 0.249. The second-order valence-corrected chi connectivity index (χ2v) is 11.6. The van der Waals surface area contributed by atoms with E-state index in [1.165, 1.54) is 24.9 Å². The van der Waals surface area contributed by atoms with Gasteiger partial charge >= 0.3 is 12.1 Å². The van der Waals surface area contributed by atoms with Crippen molar-refractivity contribution >= 4 is 35.3 Å². The highest BCUT2D eigenvalue weighted by Crippen LogP contribution is 2.36. The maximum Gasteiger partial charge on any atom is 0.437 e. The molecule has 0 bridgehead atoms. The maximum atomic E-state index is 13.9. The van der Waals surface area contributed by atoms with Crippen LogP contribution in [-0.4, -0.2) is 72.5 Å². The molecule has 14 heteroatoms. The molecule has 4 heterocycles. The number of piperazine rings is 1. The molecule has 0 atom stereocenters. The van der Waals surface area contributed by atoms with Gasteiger partial charge in [-0.05, 0) is 54.2 Å². The Bertz CT molecular complexity index is 1770. The van der Waals surface area contributed by atoms with Crippen LogP contribution in [0.25, 0.3) is 0 Å². The summed E-state index contributed by atoms with van der Waals surface area (Å²) in [7, 11) is 1.30. The summed E-state index contributed by atoms with van der Waals surface area (Å²) in [6, 6.07) is 19.6. The predicted molar refractivity (Wildman–Crippen MR) is 170 cm³/mol. The lowest BCUT2D eigenvalue weighted by Gasteiger charge is -2.35. The number of alkyl halides is 3. The van der Waals surface area contributed by atoms with Gasteiger partial charge in [0.15, 0.2) is 5.69 Å². The first-order chi connectivity index (χ1) is 23.1. The number of nitrogens with one attached hydrogen (secondary N) is 1. The van der Waals surface area contributed by atoms with Gasteiger partial charge in [-0.2, -0.15) is 18.2 Å². The smallest absolute Gasteiger partial charge is 0.437 e. The number of carbonyl (C=O) groups excluding carboxylic acids is 3. The Labute approximate surface area is 274 Å². The van der Waals surface area contributed by atoms with Gasteiger partial charge in [0.1, 0.15) is 5.82 Å². The summed E-state index contributed by atoms with van der Waals surface area (Å²) in [5.41, 5.74) is 1.12. The molecule has 2 aliphatic heterocycles. The molecule has 1 N–H and O–H groups in total. The number of esters is 1. The van der Waals surface area contributed by atoms with E-state index < -0.39 is 29.5 Å². The zero-order valence-electron chi connectivity index (χ0n) is 26.1. The summed E-state index contributed by atoms with van der Waals surface area (Å²) in [4.78, 5) is 50.9. The van der Waals surface area contributed by atoms with Crippen molar-refractivity contribution in [3.05, 3.63) is 101 Å². The van der Waals surface area contributed by atoms with E-state index in [4.69, 9.17) is 9.15 Å². The van der Waals surface area contributed by atoms with Gasteiger partial charge in [-0.25, -0.2) is 9.78 Å². The molecule has 11 nitrogen and oxygen atoms in total. The Morgan fingerprint density at radius 2 is 1.75 bits per heavy atom. The van der Waals surface area contributed by atoms with Gasteiger partial charge in [-0.15, -0.1) is 0 Å². The maximum absolute atomic E-state index is 13.9. The molecule has 0 aliphatic carbocycles. The molecule has 0 spiro atoms. The largest absolute Gasteiger partial charge is 0.465 e. The number of hydrogen-bond acceptors (Lipinski definition) is 9. The standard InChI is InChI=1S/C34H33F3N6O5/c1-47-32(46)25-9-5-6-22(18-25)20-43-17-16-42(21-28(43)44)27-11-10-26(19-38-27)39-31(45)29-30(34(35,36)37)40-33(48-29)41-14-12-24(13-15-41)23-7-3-2-4-8-23/h2-11,18-19,24H,12-17,20-21H2,1H3,(H,39,45). The summed E-state index contributed by atoms with van der Waals surface area (Å²) >= 11 is 0. The van der Waals surface area contributed by atoms with Gasteiger partial charge < -0.3 is 29.2 Å². The number of pyridine rings is 1. The van der Waals surface area contributed by atoms with Crippen molar-refractivity contribution < 1.29 is 36.7 Å². The number of ether oxygens (including phenoxy) is 1. The third-order valence-electron chi connectivity index (χ3n) is 8.50. The second-order valence-electron chi connectivity index (χ2n) is 11.6. The summed E-state index contributed by atoms with van der Waals surface area (Å²) in [5.74, 6) is -1.89. The summed E-state index contributed by atoms with van der Waals surface area (Å²) in [5, 5.41) is 2.43. The van der Waals surface area contributed by atoms with Crippen molar-refractivity contribution in [1.82, 2.24) is 14.9 Å². The Balaban J connectivity index is 1.07. The van der Waals surface area contributed by atoms with Crippen LogP contribution in [0.15, 0.2) is 77.3 Å². The summed E-state index contributed by atoms with van der Waals surface area (Å²) in [6.07, 6.45) is -2.18. The molecule has 2 saturated heterocycles. The van der Waals surface area contributed by atoms with Crippen LogP contribution in [0.2, 0.25) is 0 Å². The minimum atomic E-state index is -4.91. The highest BCUT2D eigenvalue weighted by Gasteiger charge is 2.42. The van der Waals surface area contributed by atoms with Crippen molar-refractivity contribution in [2.45, 2.75) is 31.5 Å². The van der Waals surface area contributed by atoms with Crippen LogP contribution in [0, 0.1) is 0 Å². The van der Waals surface area contributed by atoms with Crippen LogP contribution in [0.1, 0.15) is 56.5 Å². The average Bonchev–Trinajstić information content (AvgIpc) is 3.57. The van der Waals surface area contributed by atoms with Crippen LogP contribution in [0.5, 0.6) is 0 Å². The number of halogens is 3. The van der Waals surface area contributed by atoms with E-state index in [2.05, 4.69) is 15.3 Å². The lowest BCUT2D eigenvalue weighted by Crippen LogP contribution is -2.50. The molecule has 0 radical (unpaired) electrons. The second kappa shape index (κ2) is 13.8. The summed E-state index contributed by atoms with van der Waals surface area (Å²) < 4.78 is 52.0. The van der Waals surface area contributed by atoms with Crippen LogP contribution in [0.4, 0.5) is 30.7 Å². The van der Waals surface area contributed by atoms with Crippen LogP contribution < -0.4 is 15.1 Å². The van der Waals surface area contributed by atoms with Crippen LogP contribution >= 0.6 is 0 Å². The number of benzene rings is 2. The minimum absolute atomic E-state index is 0.0494. The number of amides is 2. The van der Waals surface area contributed by atoms with Crippen LogP contribution in [-0.2, 0) is 22.3 Å². The first-order valence-corrected chi connectivity index (χ1v) is 15.4. The van der Waals surface area contributed by atoms with Gasteiger partial charge in [0.05, 0.1) is 31.1 Å². The molecule has 6 rings (SSSR count). The number of piperidine rings is 1. The topological polar surface area (TPSA) is 121 Å². The number of methoxy groups -OCH3 is 1. The normalized spacial score (nSPS) is 15.8. The predicted octanol–water partition coefficient (Wildman–Crippen LogP) is 5.36. The van der Waals surface area contributed by atoms with Crippen molar-refractivity contribution in [3.63, 3.8) is 0 Å². The lowest BCUT2D eigenvalue weighted by atomic mass is 9.90. The van der Waals surface area contributed by atoms with E-state index in [1.54, 1.807) is 39.0 Å². The molecule has 0 saturated carbocycles. The van der Waals surface area contributed by atoms with E-state index in [1.807, 2.05) is 36.4 Å². The van der Waals surface area contributed by atoms with Gasteiger partial charge in [0.2, 0.25) is 11.7 Å². The molecular formula is C34H33F3N6O5. The third-order valence-corrected chi connectivity index (χ3v) is 8.50. The Morgan fingerprint density at radius 3 is 2.42 bits per heavy atom. The fourth-order valence-electron chi connectivity index (χ4n) is 5.96. The van der Waals surface area contributed by atoms with Crippen molar-refractivity contribution in [3.8, 4) is 0 Å². The first kappa shape index (κ1) is 32.5. The fourth-order valence-corrected chi connectivity index (χ4v) is 5.96. The molecule has 2 fully saturated rings. The Morgan fingerprint density at radius 1 is 0.979 bits per heavy atom. The third kappa shape index (κ3) is 7.27. The SMILES string of the molecule is COC(=O)c1cccc(CN2CCN(c3ccc(NC(=O)c4oc(N5CCC(c6ccccc6)CC5)nc4C(F)(F)F)cn3)CC2=O)c1. The number of nitrogens with zero attached hydrogens (tertiary/aromatic N) is 5. The Kier molecular flexibility index (Phi) is 9.33. The van der Waals surface area contributed by atoms with Crippen molar-refractivity contribution in [2.75, 3.05) is 55.0 Å². The van der Waals surface area contributed by atoms with E-state index in [9.17, 15) is 27.6 Å². The van der Waals surface area contributed by atoms with Crippen LogP contribution in [0.3, 0.4) is 0 Å². The fraction of sp³-hybridized carbons (Fsp3) is 0.324. The van der Waals surface area contributed by atoms with E-state index >= 15 is 0 Å². The highest BCUT2D eigenvalue weighted by molar-refractivity contribution is 6.03. The molecule has 2 aromatic carbocycles. The monoisotopic (exact) mass is 662 g/mol. The molecule has 2 amide bonds. The molecule has 4 aromatic rings. The molecule has 0 unspecified atom stereocenters. The number of aromatic nitrogens is 2. The number of anilines is 3. The number of rotatable bonds is 8. The Hall–Kier alpha value is -5.40. The van der Waals surface area contributed by atoms with Gasteiger partial charge in [0.25, 0.3) is 11.9 Å². The van der Waals surface area contributed by atoms with Gasteiger partial charge in [-0.3, -0.25) is 9.59 Å². The van der Waals surface area contributed by atoms with Crippen molar-refractivity contribution in [2.24, 2.45) is 0 Å². The van der Waals surface area contributed by atoms with Gasteiger partial charge in [0, 0.05) is 32.7 Å². The zero-order valence-corrected chi connectivity index (χ0v) is 26.1. The molecule has 2 aliphatic rings. The molecule has 250 valence electrons. The average molecular weight is 663 g/mol. The number of hydrogen-bond donors (Lipinski definition) is 1. The number of oxazole rings is 1. The van der Waals surface area contributed by atoms with E-state index in [0.717, 1.165) is 5.56 Å². The molecule has 48 heavy (non-hydrogen) atoms. The highest BCUT2D eigenvalue weighted by atomic mass is 19.4. The van der Waals surface area contributed by atoms with Gasteiger partial charge in [-0.1, -0.05) is 42.5 Å². The molecular weight excluding hydrogens is 629 g/mol. The zero-order chi connectivity index (χ0) is 33.8. The van der Waals surface area contributed by atoms with E-state index in [0.29, 0.717) is 56.9 Å². The lowest BCUT2D eigenvalue weighted by molar-refractivity contribution is -0.141. The van der Waals surface area contributed by atoms with E-state index in [-0.39, 0.29) is 30.1 Å². The minimum Gasteiger partial charge on any atom is -0.465 e. The van der Waals surface area contributed by atoms with Crippen molar-refractivity contribution in [1.29, 1.82) is 0 Å². The number of carbonyl (C=O) groups is 3. The summed E-state index contributed by atoms with van der Waals surface area (Å²) in [6.45, 7) is 2.12. The molecule has 2 aromatic heterocycles. The first-order valence-electron chi connectivity index (χ1n) is 15.4.